The number of nitrogens with zero attached hydrogens (tertiary/aromatic N) is 1. The summed E-state index contributed by atoms with van der Waals surface area (Å²) in [6.07, 6.45) is 3.97. The van der Waals surface area contributed by atoms with Crippen LogP contribution in [0.15, 0.2) is 71.9 Å². The van der Waals surface area contributed by atoms with Gasteiger partial charge in [0.15, 0.2) is 0 Å². The van der Waals surface area contributed by atoms with E-state index in [1.165, 1.54) is 6.08 Å². The maximum atomic E-state index is 12.7. The summed E-state index contributed by atoms with van der Waals surface area (Å²) in [7, 11) is 0. The lowest BCUT2D eigenvalue weighted by Crippen LogP contribution is -2.48. The maximum Gasteiger partial charge on any atom is 0.338 e. The molecule has 7 heteroatoms. The molecule has 3 rings (SSSR count). The van der Waals surface area contributed by atoms with Crippen LogP contribution in [0.4, 0.5) is 10.5 Å². The summed E-state index contributed by atoms with van der Waals surface area (Å²) in [5.74, 6) is -0.708. The smallest absolute Gasteiger partial charge is 0.338 e. The molecule has 1 atom stereocenters. The van der Waals surface area contributed by atoms with Gasteiger partial charge < -0.3 is 15.4 Å². The minimum Gasteiger partial charge on any atom is -0.463 e. The van der Waals surface area contributed by atoms with Crippen LogP contribution in [-0.2, 0) is 14.3 Å². The van der Waals surface area contributed by atoms with Crippen molar-refractivity contribution in [2.45, 2.75) is 33.2 Å². The van der Waals surface area contributed by atoms with Crippen LogP contribution in [0.3, 0.4) is 0 Å². The average Bonchev–Trinajstić information content (AvgIpc) is 2.81. The van der Waals surface area contributed by atoms with Crippen molar-refractivity contribution in [1.29, 1.82) is 0 Å². The van der Waals surface area contributed by atoms with Crippen molar-refractivity contribution in [2.24, 2.45) is 0 Å². The van der Waals surface area contributed by atoms with E-state index in [-0.39, 0.29) is 18.5 Å². The molecule has 0 saturated heterocycles. The first kappa shape index (κ1) is 23.8. The molecular formula is C26H29N3O4. The Kier molecular flexibility index (Phi) is 8.02. The van der Waals surface area contributed by atoms with Crippen molar-refractivity contribution in [3.8, 4) is 0 Å². The highest BCUT2D eigenvalue weighted by Gasteiger charge is 2.36. The molecule has 2 aromatic carbocycles. The fraction of sp³-hybridized carbons (Fsp3) is 0.269. The molecule has 0 saturated carbocycles. The van der Waals surface area contributed by atoms with Crippen LogP contribution in [0, 0.1) is 0 Å². The van der Waals surface area contributed by atoms with E-state index in [0.717, 1.165) is 17.5 Å². The van der Waals surface area contributed by atoms with Crippen molar-refractivity contribution in [3.63, 3.8) is 0 Å². The zero-order valence-corrected chi connectivity index (χ0v) is 19.1. The van der Waals surface area contributed by atoms with Crippen molar-refractivity contribution in [3.05, 3.63) is 83.1 Å². The number of hydrogen-bond donors (Lipinski definition) is 2. The number of anilines is 1. The molecule has 1 heterocycles. The highest BCUT2D eigenvalue weighted by atomic mass is 16.5. The van der Waals surface area contributed by atoms with Gasteiger partial charge in [-0.3, -0.25) is 9.69 Å². The first-order valence-electron chi connectivity index (χ1n) is 11.0. The van der Waals surface area contributed by atoms with E-state index in [0.29, 0.717) is 23.5 Å². The van der Waals surface area contributed by atoms with Gasteiger partial charge in [-0.05, 0) is 49.6 Å². The topological polar surface area (TPSA) is 87.7 Å². The number of nitrogens with one attached hydrogen (secondary N) is 2. The predicted octanol–water partition coefficient (Wildman–Crippen LogP) is 4.65. The van der Waals surface area contributed by atoms with Gasteiger partial charge in [0.1, 0.15) is 0 Å². The van der Waals surface area contributed by atoms with Crippen LogP contribution in [0.5, 0.6) is 0 Å². The number of carbonyl (C=O) groups is 3. The molecule has 0 aliphatic carbocycles. The highest BCUT2D eigenvalue weighted by molar-refractivity contribution is 6.02. The second-order valence-corrected chi connectivity index (χ2v) is 7.61. The van der Waals surface area contributed by atoms with Crippen LogP contribution < -0.4 is 10.6 Å². The number of amides is 3. The van der Waals surface area contributed by atoms with Crippen molar-refractivity contribution in [2.75, 3.05) is 18.5 Å². The Balaban J connectivity index is 1.79. The van der Waals surface area contributed by atoms with Crippen molar-refractivity contribution >= 4 is 29.7 Å². The van der Waals surface area contributed by atoms with Gasteiger partial charge in [0, 0.05) is 24.0 Å². The summed E-state index contributed by atoms with van der Waals surface area (Å²) in [6, 6.07) is 15.7. The van der Waals surface area contributed by atoms with E-state index in [4.69, 9.17) is 4.74 Å². The third kappa shape index (κ3) is 5.88. The standard InChI is InChI=1S/C26H29N3O4/c1-4-17-29-18(3)23(25(31)33-5-2)24(28-26(29)32)20-12-14-21(15-13-20)27-22(30)16-11-19-9-7-6-8-10-19/h6-16,24H,4-5,17H2,1-3H3,(H,27,30)(H,28,32)/b16-11+/t24-/m1/s1. The number of carbonyl (C=O) groups excluding carboxylic acids is 3. The lowest BCUT2D eigenvalue weighted by atomic mass is 9.94. The van der Waals surface area contributed by atoms with Gasteiger partial charge >= 0.3 is 12.0 Å². The molecule has 33 heavy (non-hydrogen) atoms. The monoisotopic (exact) mass is 447 g/mol. The Morgan fingerprint density at radius 2 is 1.79 bits per heavy atom. The van der Waals surface area contributed by atoms with E-state index < -0.39 is 12.0 Å². The number of urea groups is 1. The summed E-state index contributed by atoms with van der Waals surface area (Å²) in [5.41, 5.74) is 3.26. The van der Waals surface area contributed by atoms with E-state index in [1.54, 1.807) is 49.1 Å². The number of rotatable bonds is 8. The van der Waals surface area contributed by atoms with E-state index in [2.05, 4.69) is 10.6 Å². The van der Waals surface area contributed by atoms with E-state index in [1.807, 2.05) is 37.3 Å². The second-order valence-electron chi connectivity index (χ2n) is 7.61. The molecule has 0 bridgehead atoms. The number of ether oxygens (including phenoxy) is 1. The van der Waals surface area contributed by atoms with Crippen LogP contribution in [0.2, 0.25) is 0 Å². The van der Waals surface area contributed by atoms with Gasteiger partial charge in [0.25, 0.3) is 0 Å². The summed E-state index contributed by atoms with van der Waals surface area (Å²) < 4.78 is 5.27. The molecule has 0 unspecified atom stereocenters. The van der Waals surface area contributed by atoms with Gasteiger partial charge in [-0.25, -0.2) is 9.59 Å². The van der Waals surface area contributed by atoms with Crippen molar-refractivity contribution in [1.82, 2.24) is 10.2 Å². The fourth-order valence-electron chi connectivity index (χ4n) is 3.68. The van der Waals surface area contributed by atoms with Crippen LogP contribution >= 0.6 is 0 Å². The first-order chi connectivity index (χ1) is 15.9. The van der Waals surface area contributed by atoms with Gasteiger partial charge in [-0.1, -0.05) is 49.4 Å². The molecule has 0 aromatic heterocycles. The number of esters is 1. The zero-order valence-electron chi connectivity index (χ0n) is 19.1. The Bertz CT molecular complexity index is 1060. The maximum absolute atomic E-state index is 12.7. The Labute approximate surface area is 194 Å². The number of benzene rings is 2. The van der Waals surface area contributed by atoms with Gasteiger partial charge in [-0.15, -0.1) is 0 Å². The fourth-order valence-corrected chi connectivity index (χ4v) is 3.68. The molecular weight excluding hydrogens is 418 g/mol. The zero-order chi connectivity index (χ0) is 23.8. The Morgan fingerprint density at radius 3 is 2.42 bits per heavy atom. The Morgan fingerprint density at radius 1 is 1.09 bits per heavy atom. The molecule has 3 amide bonds. The summed E-state index contributed by atoms with van der Waals surface area (Å²) >= 11 is 0. The highest BCUT2D eigenvalue weighted by Crippen LogP contribution is 2.32. The molecule has 0 spiro atoms. The van der Waals surface area contributed by atoms with Crippen LogP contribution in [0.25, 0.3) is 6.08 Å². The Hall–Kier alpha value is -3.87. The normalized spacial score (nSPS) is 16.0. The minimum atomic E-state index is -0.632. The van der Waals surface area contributed by atoms with Crippen LogP contribution in [-0.4, -0.2) is 36.0 Å². The van der Waals surface area contributed by atoms with E-state index >= 15 is 0 Å². The second kappa shape index (κ2) is 11.1. The lowest BCUT2D eigenvalue weighted by molar-refractivity contribution is -0.139. The molecule has 0 fully saturated rings. The first-order valence-corrected chi connectivity index (χ1v) is 11.0. The van der Waals surface area contributed by atoms with Crippen LogP contribution in [0.1, 0.15) is 44.4 Å². The molecule has 7 nitrogen and oxygen atoms in total. The van der Waals surface area contributed by atoms with Crippen molar-refractivity contribution < 1.29 is 19.1 Å². The summed E-state index contributed by atoms with van der Waals surface area (Å²) in [6.45, 7) is 6.23. The molecule has 172 valence electrons. The minimum absolute atomic E-state index is 0.242. The predicted molar refractivity (Wildman–Crippen MR) is 128 cm³/mol. The van der Waals surface area contributed by atoms with Gasteiger partial charge in [0.2, 0.25) is 5.91 Å². The SMILES string of the molecule is CCCN1C(=O)N[C@H](c2ccc(NC(=O)/C=C/c3ccccc3)cc2)C(C(=O)OCC)=C1C. The lowest BCUT2D eigenvalue weighted by Gasteiger charge is -2.35. The largest absolute Gasteiger partial charge is 0.463 e. The molecule has 1 aliphatic rings. The quantitative estimate of drug-likeness (QED) is 0.455. The molecule has 0 radical (unpaired) electrons. The van der Waals surface area contributed by atoms with E-state index in [9.17, 15) is 14.4 Å². The molecule has 2 N–H and O–H groups in total. The van der Waals surface area contributed by atoms with Gasteiger partial charge in [-0.2, -0.15) is 0 Å². The summed E-state index contributed by atoms with van der Waals surface area (Å²) in [5, 5.41) is 5.73. The molecule has 1 aliphatic heterocycles. The summed E-state index contributed by atoms with van der Waals surface area (Å²) in [4.78, 5) is 39.2. The van der Waals surface area contributed by atoms with Gasteiger partial charge in [0.05, 0.1) is 18.2 Å². The third-order valence-electron chi connectivity index (χ3n) is 5.28. The molecule has 2 aromatic rings. The average molecular weight is 448 g/mol. The number of allylic oxidation sites excluding steroid dienone is 1. The third-order valence-corrected chi connectivity index (χ3v) is 5.28. The number of hydrogen-bond acceptors (Lipinski definition) is 4.